The van der Waals surface area contributed by atoms with Gasteiger partial charge in [-0.05, 0) is 42.5 Å². The second-order valence-electron chi connectivity index (χ2n) is 7.72. The number of fused-ring (bicyclic) bond motifs is 1. The maximum Gasteiger partial charge on any atom is 0.260 e. The van der Waals surface area contributed by atoms with Gasteiger partial charge in [0.05, 0.1) is 35.3 Å². The third-order valence-corrected chi connectivity index (χ3v) is 6.57. The van der Waals surface area contributed by atoms with Crippen LogP contribution in [-0.2, 0) is 16.1 Å². The minimum atomic E-state index is -0.308. The predicted molar refractivity (Wildman–Crippen MR) is 129 cm³/mol. The Morgan fingerprint density at radius 2 is 1.88 bits per heavy atom. The van der Waals surface area contributed by atoms with E-state index in [4.69, 9.17) is 4.74 Å². The fraction of sp³-hybridized carbons (Fsp3) is 0.160. The summed E-state index contributed by atoms with van der Waals surface area (Å²) >= 11 is 1.39. The van der Waals surface area contributed by atoms with Gasteiger partial charge in [-0.3, -0.25) is 29.2 Å². The molecule has 170 valence electrons. The highest BCUT2D eigenvalue weighted by Crippen LogP contribution is 2.33. The maximum atomic E-state index is 13.7. The Morgan fingerprint density at radius 1 is 1.06 bits per heavy atom. The summed E-state index contributed by atoms with van der Waals surface area (Å²) in [6, 6.07) is 17.7. The molecule has 2 aromatic heterocycles. The molecule has 1 fully saturated rings. The average molecular weight is 473 g/mol. The van der Waals surface area contributed by atoms with Crippen molar-refractivity contribution in [2.24, 2.45) is 0 Å². The molecule has 0 bridgehead atoms. The second-order valence-corrected chi connectivity index (χ2v) is 8.72. The molecule has 3 heterocycles. The lowest BCUT2D eigenvalue weighted by atomic mass is 10.1. The summed E-state index contributed by atoms with van der Waals surface area (Å²) in [4.78, 5) is 49.9. The highest BCUT2D eigenvalue weighted by Gasteiger charge is 2.31. The van der Waals surface area contributed by atoms with Crippen molar-refractivity contribution in [1.29, 1.82) is 0 Å². The van der Waals surface area contributed by atoms with E-state index in [1.807, 2.05) is 36.4 Å². The molecule has 0 unspecified atom stereocenters. The normalized spacial score (nSPS) is 13.5. The number of rotatable bonds is 6. The summed E-state index contributed by atoms with van der Waals surface area (Å²) in [5.74, 6) is -0.155. The summed E-state index contributed by atoms with van der Waals surface area (Å²) in [5, 5.41) is 0.512. The van der Waals surface area contributed by atoms with Crippen molar-refractivity contribution in [2.75, 3.05) is 16.9 Å². The van der Waals surface area contributed by atoms with Gasteiger partial charge >= 0.3 is 0 Å². The van der Waals surface area contributed by atoms with Crippen LogP contribution < -0.4 is 14.5 Å². The SMILES string of the molecule is COc1ccc2sc(N(Cc3ccccn3)C(=O)c3cccc(N4C(=O)CCC4=O)c3)nc2c1. The van der Waals surface area contributed by atoms with Crippen LogP contribution in [0.15, 0.2) is 66.9 Å². The van der Waals surface area contributed by atoms with Crippen molar-refractivity contribution >= 4 is 50.1 Å². The molecule has 0 N–H and O–H groups in total. The number of anilines is 2. The van der Waals surface area contributed by atoms with Crippen LogP contribution in [-0.4, -0.2) is 34.8 Å². The van der Waals surface area contributed by atoms with E-state index in [1.54, 1.807) is 42.5 Å². The molecular formula is C25H20N4O4S. The van der Waals surface area contributed by atoms with Gasteiger partial charge in [-0.2, -0.15) is 0 Å². The summed E-state index contributed by atoms with van der Waals surface area (Å²) < 4.78 is 6.21. The molecule has 9 heteroatoms. The molecule has 0 radical (unpaired) electrons. The van der Waals surface area contributed by atoms with E-state index in [2.05, 4.69) is 9.97 Å². The number of carbonyl (C=O) groups excluding carboxylic acids is 3. The summed E-state index contributed by atoms with van der Waals surface area (Å²) in [5.41, 5.74) is 2.16. The van der Waals surface area contributed by atoms with Gasteiger partial charge in [0.15, 0.2) is 5.13 Å². The van der Waals surface area contributed by atoms with E-state index < -0.39 is 0 Å². The summed E-state index contributed by atoms with van der Waals surface area (Å²) in [6.07, 6.45) is 2.03. The number of pyridine rings is 1. The van der Waals surface area contributed by atoms with Gasteiger partial charge in [-0.1, -0.05) is 23.5 Å². The minimum absolute atomic E-state index is 0.179. The third-order valence-electron chi connectivity index (χ3n) is 5.51. The molecule has 0 saturated carbocycles. The molecule has 1 saturated heterocycles. The van der Waals surface area contributed by atoms with E-state index in [0.29, 0.717) is 27.8 Å². The lowest BCUT2D eigenvalue weighted by Crippen LogP contribution is -2.32. The van der Waals surface area contributed by atoms with Gasteiger partial charge < -0.3 is 4.74 Å². The van der Waals surface area contributed by atoms with E-state index in [0.717, 1.165) is 15.1 Å². The predicted octanol–water partition coefficient (Wildman–Crippen LogP) is 4.20. The van der Waals surface area contributed by atoms with Gasteiger partial charge in [0, 0.05) is 30.7 Å². The quantitative estimate of drug-likeness (QED) is 0.391. The number of hydrogen-bond donors (Lipinski definition) is 0. The first kappa shape index (κ1) is 21.7. The van der Waals surface area contributed by atoms with E-state index in [1.165, 1.54) is 11.3 Å². The van der Waals surface area contributed by atoms with Gasteiger partial charge in [0.25, 0.3) is 5.91 Å². The zero-order valence-electron chi connectivity index (χ0n) is 18.3. The Morgan fingerprint density at radius 3 is 2.62 bits per heavy atom. The van der Waals surface area contributed by atoms with Crippen molar-refractivity contribution in [3.8, 4) is 5.75 Å². The fourth-order valence-corrected chi connectivity index (χ4v) is 4.76. The maximum absolute atomic E-state index is 13.7. The number of amides is 3. The van der Waals surface area contributed by atoms with Crippen LogP contribution in [0.3, 0.4) is 0 Å². The van der Waals surface area contributed by atoms with Gasteiger partial charge in [0.2, 0.25) is 11.8 Å². The van der Waals surface area contributed by atoms with Gasteiger partial charge in [0.1, 0.15) is 5.75 Å². The number of hydrogen-bond acceptors (Lipinski definition) is 7. The number of nitrogens with zero attached hydrogens (tertiary/aromatic N) is 4. The van der Waals surface area contributed by atoms with E-state index in [9.17, 15) is 14.4 Å². The van der Waals surface area contributed by atoms with Crippen LogP contribution in [0, 0.1) is 0 Å². The largest absolute Gasteiger partial charge is 0.497 e. The molecule has 1 aliphatic heterocycles. The number of aromatic nitrogens is 2. The van der Waals surface area contributed by atoms with Gasteiger partial charge in [-0.25, -0.2) is 4.98 Å². The molecule has 4 aromatic rings. The Labute approximate surface area is 199 Å². The zero-order chi connectivity index (χ0) is 23.7. The molecule has 0 atom stereocenters. The first-order chi connectivity index (χ1) is 16.5. The lowest BCUT2D eigenvalue weighted by molar-refractivity contribution is -0.121. The summed E-state index contributed by atoms with van der Waals surface area (Å²) in [7, 11) is 1.59. The number of ether oxygens (including phenoxy) is 1. The molecule has 5 rings (SSSR count). The second kappa shape index (κ2) is 9.03. The molecule has 34 heavy (non-hydrogen) atoms. The van der Waals surface area contributed by atoms with Crippen molar-refractivity contribution in [3.05, 3.63) is 78.1 Å². The van der Waals surface area contributed by atoms with Crippen molar-refractivity contribution < 1.29 is 19.1 Å². The highest BCUT2D eigenvalue weighted by atomic mass is 32.1. The molecule has 1 aliphatic rings. The summed E-state index contributed by atoms with van der Waals surface area (Å²) in [6.45, 7) is 0.211. The number of carbonyl (C=O) groups is 3. The van der Waals surface area contributed by atoms with Crippen LogP contribution in [0.4, 0.5) is 10.8 Å². The number of benzene rings is 2. The molecule has 2 aromatic carbocycles. The highest BCUT2D eigenvalue weighted by molar-refractivity contribution is 7.22. The van der Waals surface area contributed by atoms with E-state index in [-0.39, 0.29) is 37.1 Å². The first-order valence-corrected chi connectivity index (χ1v) is 11.5. The Balaban J connectivity index is 1.54. The Hall–Kier alpha value is -4.11. The van der Waals surface area contributed by atoms with Crippen LogP contribution in [0.5, 0.6) is 5.75 Å². The smallest absolute Gasteiger partial charge is 0.260 e. The first-order valence-electron chi connectivity index (χ1n) is 10.7. The van der Waals surface area contributed by atoms with Crippen LogP contribution in [0.1, 0.15) is 28.9 Å². The lowest BCUT2D eigenvalue weighted by Gasteiger charge is -2.21. The third kappa shape index (κ3) is 4.13. The minimum Gasteiger partial charge on any atom is -0.497 e. The average Bonchev–Trinajstić information content (AvgIpc) is 3.44. The molecule has 3 amide bonds. The number of methoxy groups -OCH3 is 1. The number of imide groups is 1. The Bertz CT molecular complexity index is 1390. The number of thiazole rings is 1. The van der Waals surface area contributed by atoms with Crippen LogP contribution in [0.2, 0.25) is 0 Å². The monoisotopic (exact) mass is 472 g/mol. The van der Waals surface area contributed by atoms with E-state index >= 15 is 0 Å². The van der Waals surface area contributed by atoms with Gasteiger partial charge in [-0.15, -0.1) is 0 Å². The molecule has 0 aliphatic carbocycles. The van der Waals surface area contributed by atoms with Crippen LogP contribution in [0.25, 0.3) is 10.2 Å². The standard InChI is InChI=1S/C25H20N4O4S/c1-33-19-8-9-21-20(14-19)27-25(34-21)28(15-17-6-2-3-12-26-17)24(32)16-5-4-7-18(13-16)29-22(30)10-11-23(29)31/h2-9,12-14H,10-11,15H2,1H3. The fourth-order valence-electron chi connectivity index (χ4n) is 3.82. The van der Waals surface area contributed by atoms with Crippen molar-refractivity contribution in [1.82, 2.24) is 9.97 Å². The van der Waals surface area contributed by atoms with Crippen molar-refractivity contribution in [3.63, 3.8) is 0 Å². The van der Waals surface area contributed by atoms with Crippen molar-refractivity contribution in [2.45, 2.75) is 19.4 Å². The molecule has 8 nitrogen and oxygen atoms in total. The molecule has 0 spiro atoms. The van der Waals surface area contributed by atoms with Crippen LogP contribution >= 0.6 is 11.3 Å². The Kier molecular flexibility index (Phi) is 5.77. The zero-order valence-corrected chi connectivity index (χ0v) is 19.1. The molecular weight excluding hydrogens is 452 g/mol. The topological polar surface area (TPSA) is 92.7 Å².